The van der Waals surface area contributed by atoms with Gasteiger partial charge in [0, 0.05) is 35.7 Å². The summed E-state index contributed by atoms with van der Waals surface area (Å²) in [5.41, 5.74) is 1.45. The number of pyridine rings is 1. The number of hydrogen-bond donors (Lipinski definition) is 0. The lowest BCUT2D eigenvalue weighted by Gasteiger charge is -2.23. The van der Waals surface area contributed by atoms with Crippen LogP contribution in [0.2, 0.25) is 5.02 Å². The lowest BCUT2D eigenvalue weighted by Crippen LogP contribution is -2.33. The number of carbonyl (C=O) groups excluding carboxylic acids is 3. The molecule has 154 valence electrons. The van der Waals surface area contributed by atoms with Crippen LogP contribution in [-0.4, -0.2) is 35.8 Å². The van der Waals surface area contributed by atoms with E-state index >= 15 is 0 Å². The molecule has 0 N–H and O–H groups in total. The Hall–Kier alpha value is -2.73. The molecule has 29 heavy (non-hydrogen) atoms. The first-order valence-corrected chi connectivity index (χ1v) is 9.99. The molecular formula is C22H25ClN2O4. The molecule has 6 nitrogen and oxygen atoms in total. The minimum absolute atomic E-state index is 0.160. The molecule has 0 saturated heterocycles. The number of aromatic nitrogens is 1. The molecule has 0 bridgehead atoms. The lowest BCUT2D eigenvalue weighted by molar-refractivity contribution is -0.143. The average Bonchev–Trinajstić information content (AvgIpc) is 2.68. The van der Waals surface area contributed by atoms with Crippen LogP contribution in [0.25, 0.3) is 0 Å². The van der Waals surface area contributed by atoms with Crippen LogP contribution in [0.3, 0.4) is 0 Å². The third kappa shape index (κ3) is 6.12. The van der Waals surface area contributed by atoms with Gasteiger partial charge < -0.3 is 4.74 Å². The number of halogens is 1. The standard InChI is InChI=1S/C22H25ClN2O4/c1-4-25(19(26)10-7-11-20(27)29-5-2)22-18(13-12-15(3)24-22)21(28)16-8-6-9-17(23)14-16/h6,8-9,12-14H,4-5,7,10-11H2,1-3H3. The van der Waals surface area contributed by atoms with Gasteiger partial charge in [-0.05, 0) is 51.5 Å². The Morgan fingerprint density at radius 2 is 1.86 bits per heavy atom. The number of ether oxygens (including phenoxy) is 1. The molecule has 2 rings (SSSR count). The molecule has 0 saturated carbocycles. The minimum Gasteiger partial charge on any atom is -0.466 e. The van der Waals surface area contributed by atoms with Crippen molar-refractivity contribution in [3.8, 4) is 0 Å². The van der Waals surface area contributed by atoms with E-state index < -0.39 is 0 Å². The molecule has 7 heteroatoms. The van der Waals surface area contributed by atoms with Gasteiger partial charge in [-0.2, -0.15) is 0 Å². The van der Waals surface area contributed by atoms with Crippen molar-refractivity contribution >= 4 is 35.1 Å². The van der Waals surface area contributed by atoms with Gasteiger partial charge in [-0.1, -0.05) is 23.7 Å². The van der Waals surface area contributed by atoms with Crippen molar-refractivity contribution in [1.29, 1.82) is 0 Å². The van der Waals surface area contributed by atoms with Crippen LogP contribution in [0.5, 0.6) is 0 Å². The van der Waals surface area contributed by atoms with E-state index in [1.165, 1.54) is 4.90 Å². The molecule has 0 atom stereocenters. The van der Waals surface area contributed by atoms with Crippen molar-refractivity contribution in [1.82, 2.24) is 4.98 Å². The number of nitrogens with zero attached hydrogens (tertiary/aromatic N) is 2. The fourth-order valence-electron chi connectivity index (χ4n) is 2.91. The van der Waals surface area contributed by atoms with Gasteiger partial charge >= 0.3 is 5.97 Å². The molecule has 0 aliphatic carbocycles. The maximum atomic E-state index is 13.1. The Kier molecular flexibility index (Phi) is 8.34. The summed E-state index contributed by atoms with van der Waals surface area (Å²) in [6.45, 7) is 6.03. The molecule has 1 heterocycles. The van der Waals surface area contributed by atoms with E-state index in [2.05, 4.69) is 4.98 Å². The first-order chi connectivity index (χ1) is 13.9. The Balaban J connectivity index is 2.26. The predicted octanol–water partition coefficient (Wildman–Crippen LogP) is 4.36. The highest BCUT2D eigenvalue weighted by molar-refractivity contribution is 6.31. The summed E-state index contributed by atoms with van der Waals surface area (Å²) < 4.78 is 4.89. The van der Waals surface area contributed by atoms with Gasteiger partial charge in [0.1, 0.15) is 5.82 Å². The van der Waals surface area contributed by atoms with E-state index in [1.54, 1.807) is 50.2 Å². The molecule has 1 aromatic heterocycles. The van der Waals surface area contributed by atoms with Gasteiger partial charge in [-0.3, -0.25) is 19.3 Å². The number of carbonyl (C=O) groups is 3. The quantitative estimate of drug-likeness (QED) is 0.448. The number of aryl methyl sites for hydroxylation is 1. The van der Waals surface area contributed by atoms with E-state index in [0.717, 1.165) is 0 Å². The van der Waals surface area contributed by atoms with Crippen molar-refractivity contribution in [3.05, 3.63) is 58.2 Å². The fourth-order valence-corrected chi connectivity index (χ4v) is 3.10. The summed E-state index contributed by atoms with van der Waals surface area (Å²) >= 11 is 6.02. The van der Waals surface area contributed by atoms with Crippen molar-refractivity contribution in [2.45, 2.75) is 40.0 Å². The van der Waals surface area contributed by atoms with Crippen LogP contribution in [0.1, 0.15) is 54.7 Å². The first kappa shape index (κ1) is 22.6. The van der Waals surface area contributed by atoms with E-state index in [1.807, 2.05) is 6.92 Å². The summed E-state index contributed by atoms with van der Waals surface area (Å²) in [4.78, 5) is 43.3. The number of anilines is 1. The number of amides is 1. The average molecular weight is 417 g/mol. The number of benzene rings is 1. The van der Waals surface area contributed by atoms with Gasteiger partial charge in [-0.15, -0.1) is 0 Å². The highest BCUT2D eigenvalue weighted by atomic mass is 35.5. The van der Waals surface area contributed by atoms with Crippen LogP contribution in [-0.2, 0) is 14.3 Å². The number of rotatable bonds is 9. The molecule has 0 spiro atoms. The van der Waals surface area contributed by atoms with E-state index in [4.69, 9.17) is 16.3 Å². The smallest absolute Gasteiger partial charge is 0.305 e. The van der Waals surface area contributed by atoms with Gasteiger partial charge in [0.2, 0.25) is 5.91 Å². The SMILES string of the molecule is CCOC(=O)CCCC(=O)N(CC)c1nc(C)ccc1C(=O)c1cccc(Cl)c1. The zero-order chi connectivity index (χ0) is 21.4. The van der Waals surface area contributed by atoms with Crippen molar-refractivity contribution in [2.75, 3.05) is 18.1 Å². The first-order valence-electron chi connectivity index (χ1n) is 9.61. The van der Waals surface area contributed by atoms with Crippen LogP contribution < -0.4 is 4.90 Å². The van der Waals surface area contributed by atoms with E-state index in [9.17, 15) is 14.4 Å². The summed E-state index contributed by atoms with van der Waals surface area (Å²) in [5.74, 6) is -0.463. The second-order valence-corrected chi connectivity index (χ2v) is 6.90. The van der Waals surface area contributed by atoms with Gasteiger partial charge in [0.15, 0.2) is 5.78 Å². The van der Waals surface area contributed by atoms with Crippen molar-refractivity contribution in [3.63, 3.8) is 0 Å². The van der Waals surface area contributed by atoms with Gasteiger partial charge in [-0.25, -0.2) is 4.98 Å². The Morgan fingerprint density at radius 3 is 2.52 bits per heavy atom. The van der Waals surface area contributed by atoms with Crippen LogP contribution in [0.15, 0.2) is 36.4 Å². The summed E-state index contributed by atoms with van der Waals surface area (Å²) in [5, 5.41) is 0.458. The van der Waals surface area contributed by atoms with Gasteiger partial charge in [0.05, 0.1) is 12.2 Å². The molecule has 0 aliphatic rings. The normalized spacial score (nSPS) is 10.5. The second-order valence-electron chi connectivity index (χ2n) is 6.46. The zero-order valence-electron chi connectivity index (χ0n) is 16.9. The van der Waals surface area contributed by atoms with Crippen LogP contribution in [0.4, 0.5) is 5.82 Å². The number of esters is 1. The number of ketones is 1. The summed E-state index contributed by atoms with van der Waals surface area (Å²) in [7, 11) is 0. The Morgan fingerprint density at radius 1 is 1.10 bits per heavy atom. The molecular weight excluding hydrogens is 392 g/mol. The summed E-state index contributed by atoms with van der Waals surface area (Å²) in [6, 6.07) is 10.1. The highest BCUT2D eigenvalue weighted by Gasteiger charge is 2.23. The maximum Gasteiger partial charge on any atom is 0.305 e. The molecule has 1 aromatic carbocycles. The third-order valence-electron chi connectivity index (χ3n) is 4.30. The van der Waals surface area contributed by atoms with Crippen LogP contribution >= 0.6 is 11.6 Å². The fraction of sp³-hybridized carbons (Fsp3) is 0.364. The molecule has 2 aromatic rings. The zero-order valence-corrected chi connectivity index (χ0v) is 17.7. The lowest BCUT2D eigenvalue weighted by atomic mass is 10.0. The van der Waals surface area contributed by atoms with E-state index in [0.29, 0.717) is 47.2 Å². The molecule has 0 fully saturated rings. The topological polar surface area (TPSA) is 76.6 Å². The molecule has 1 amide bonds. The monoisotopic (exact) mass is 416 g/mol. The Labute approximate surface area is 175 Å². The number of hydrogen-bond acceptors (Lipinski definition) is 5. The van der Waals surface area contributed by atoms with Crippen molar-refractivity contribution in [2.24, 2.45) is 0 Å². The van der Waals surface area contributed by atoms with Crippen molar-refractivity contribution < 1.29 is 19.1 Å². The summed E-state index contributed by atoms with van der Waals surface area (Å²) in [6.07, 6.45) is 0.706. The Bertz CT molecular complexity index is 898. The predicted molar refractivity (Wildman–Crippen MR) is 112 cm³/mol. The second kappa shape index (κ2) is 10.7. The highest BCUT2D eigenvalue weighted by Crippen LogP contribution is 2.24. The van der Waals surface area contributed by atoms with Crippen LogP contribution in [0, 0.1) is 6.92 Å². The van der Waals surface area contributed by atoms with E-state index in [-0.39, 0.29) is 30.5 Å². The maximum absolute atomic E-state index is 13.1. The molecule has 0 aliphatic heterocycles. The molecule has 0 unspecified atom stereocenters. The largest absolute Gasteiger partial charge is 0.466 e. The molecule has 0 radical (unpaired) electrons. The third-order valence-corrected chi connectivity index (χ3v) is 4.53. The minimum atomic E-state index is -0.325. The van der Waals surface area contributed by atoms with Gasteiger partial charge in [0.25, 0.3) is 0 Å².